The van der Waals surface area contributed by atoms with E-state index in [-0.39, 0.29) is 11.8 Å². The normalized spacial score (nSPS) is 28.2. The SMILES string of the molecule is O=C(Cc1ccc2c(c1)CCO2)N1C[C@H]2COCC[C@@]2(C(=O)O)C1. The summed E-state index contributed by atoms with van der Waals surface area (Å²) in [6.07, 6.45) is 1.66. The maximum atomic E-state index is 12.7. The van der Waals surface area contributed by atoms with E-state index in [1.165, 1.54) is 0 Å². The molecule has 0 radical (unpaired) electrons. The molecule has 0 aromatic heterocycles. The highest BCUT2D eigenvalue weighted by atomic mass is 16.5. The fourth-order valence-corrected chi connectivity index (χ4v) is 4.13. The summed E-state index contributed by atoms with van der Waals surface area (Å²) >= 11 is 0. The second kappa shape index (κ2) is 5.77. The van der Waals surface area contributed by atoms with E-state index < -0.39 is 11.4 Å². The van der Waals surface area contributed by atoms with Gasteiger partial charge in [0.05, 0.1) is 25.0 Å². The van der Waals surface area contributed by atoms with Gasteiger partial charge in [-0.3, -0.25) is 9.59 Å². The van der Waals surface area contributed by atoms with Crippen molar-refractivity contribution >= 4 is 11.9 Å². The van der Waals surface area contributed by atoms with E-state index in [9.17, 15) is 14.7 Å². The highest BCUT2D eigenvalue weighted by Gasteiger charge is 2.54. The van der Waals surface area contributed by atoms with E-state index in [0.29, 0.717) is 45.8 Å². The molecule has 6 heteroatoms. The van der Waals surface area contributed by atoms with Crippen LogP contribution in [0.15, 0.2) is 18.2 Å². The van der Waals surface area contributed by atoms with E-state index in [1.807, 2.05) is 18.2 Å². The lowest BCUT2D eigenvalue weighted by atomic mass is 9.74. The number of likely N-dealkylation sites (tertiary alicyclic amines) is 1. The Labute approximate surface area is 140 Å². The van der Waals surface area contributed by atoms with Crippen LogP contribution in [0.2, 0.25) is 0 Å². The number of carboxylic acid groups (broad SMARTS) is 1. The lowest BCUT2D eigenvalue weighted by molar-refractivity contribution is -0.157. The first-order valence-corrected chi connectivity index (χ1v) is 8.42. The van der Waals surface area contributed by atoms with Crippen molar-refractivity contribution in [2.75, 3.05) is 32.9 Å². The number of rotatable bonds is 3. The Hall–Kier alpha value is -2.08. The summed E-state index contributed by atoms with van der Waals surface area (Å²) in [7, 11) is 0. The summed E-state index contributed by atoms with van der Waals surface area (Å²) in [5, 5.41) is 9.69. The molecule has 1 aromatic rings. The van der Waals surface area contributed by atoms with Crippen LogP contribution in [-0.2, 0) is 27.2 Å². The van der Waals surface area contributed by atoms with E-state index in [4.69, 9.17) is 9.47 Å². The van der Waals surface area contributed by atoms with Gasteiger partial charge in [-0.05, 0) is 23.6 Å². The number of carboxylic acids is 1. The van der Waals surface area contributed by atoms with Crippen molar-refractivity contribution in [3.05, 3.63) is 29.3 Å². The predicted octanol–water partition coefficient (Wildman–Crippen LogP) is 1.11. The number of amides is 1. The predicted molar refractivity (Wildman–Crippen MR) is 84.9 cm³/mol. The van der Waals surface area contributed by atoms with Crippen LogP contribution in [0.5, 0.6) is 5.75 Å². The summed E-state index contributed by atoms with van der Waals surface area (Å²) in [4.78, 5) is 26.2. The molecule has 2 fully saturated rings. The number of carbonyl (C=O) groups excluding carboxylic acids is 1. The lowest BCUT2D eigenvalue weighted by Crippen LogP contribution is -2.45. The van der Waals surface area contributed by atoms with Crippen molar-refractivity contribution in [1.82, 2.24) is 4.90 Å². The quantitative estimate of drug-likeness (QED) is 0.898. The van der Waals surface area contributed by atoms with Gasteiger partial charge in [0, 0.05) is 32.0 Å². The Morgan fingerprint density at radius 2 is 2.21 bits per heavy atom. The first-order valence-electron chi connectivity index (χ1n) is 8.42. The zero-order valence-electron chi connectivity index (χ0n) is 13.5. The minimum Gasteiger partial charge on any atom is -0.493 e. The van der Waals surface area contributed by atoms with Gasteiger partial charge >= 0.3 is 5.97 Å². The second-order valence-corrected chi connectivity index (χ2v) is 6.97. The van der Waals surface area contributed by atoms with Crippen molar-refractivity contribution in [1.29, 1.82) is 0 Å². The number of carbonyl (C=O) groups is 2. The van der Waals surface area contributed by atoms with Crippen LogP contribution in [0.3, 0.4) is 0 Å². The van der Waals surface area contributed by atoms with Gasteiger partial charge in [0.1, 0.15) is 5.75 Å². The van der Waals surface area contributed by atoms with Crippen molar-refractivity contribution in [3.63, 3.8) is 0 Å². The van der Waals surface area contributed by atoms with Crippen molar-refractivity contribution in [2.24, 2.45) is 11.3 Å². The molecule has 1 aromatic carbocycles. The molecule has 6 nitrogen and oxygen atoms in total. The maximum absolute atomic E-state index is 12.7. The van der Waals surface area contributed by atoms with Gasteiger partial charge in [-0.25, -0.2) is 0 Å². The molecule has 0 spiro atoms. The average Bonchev–Trinajstić information content (AvgIpc) is 3.19. The summed E-state index contributed by atoms with van der Waals surface area (Å²) in [6, 6.07) is 5.86. The molecular formula is C18H21NO5. The molecule has 128 valence electrons. The standard InChI is InChI=1S/C18H21NO5/c20-16(8-12-1-2-15-13(7-12)3-5-24-15)19-9-14-10-23-6-4-18(14,11-19)17(21)22/h1-2,7,14H,3-6,8-11H2,(H,21,22)/t14-,18+/m0/s1. The average molecular weight is 331 g/mol. The number of fused-ring (bicyclic) bond motifs is 2. The third-order valence-electron chi connectivity index (χ3n) is 5.59. The minimum atomic E-state index is -0.834. The third kappa shape index (κ3) is 2.45. The Bertz CT molecular complexity index is 688. The van der Waals surface area contributed by atoms with Crippen LogP contribution in [-0.4, -0.2) is 54.8 Å². The van der Waals surface area contributed by atoms with Gasteiger partial charge in [0.2, 0.25) is 5.91 Å². The van der Waals surface area contributed by atoms with Crippen molar-refractivity contribution in [2.45, 2.75) is 19.3 Å². The highest BCUT2D eigenvalue weighted by Crippen LogP contribution is 2.42. The topological polar surface area (TPSA) is 76.1 Å². The number of hydrogen-bond donors (Lipinski definition) is 1. The van der Waals surface area contributed by atoms with Crippen LogP contribution in [0.1, 0.15) is 17.5 Å². The zero-order valence-corrected chi connectivity index (χ0v) is 13.5. The molecule has 2 saturated heterocycles. The molecule has 2 atom stereocenters. The number of benzene rings is 1. The minimum absolute atomic E-state index is 0.0103. The Kier molecular flexibility index (Phi) is 3.72. The molecule has 1 N–H and O–H groups in total. The van der Waals surface area contributed by atoms with E-state index in [1.54, 1.807) is 4.90 Å². The molecular weight excluding hydrogens is 310 g/mol. The molecule has 4 rings (SSSR count). The molecule has 0 unspecified atom stereocenters. The fraction of sp³-hybridized carbons (Fsp3) is 0.556. The van der Waals surface area contributed by atoms with Crippen LogP contribution < -0.4 is 4.74 Å². The van der Waals surface area contributed by atoms with Crippen LogP contribution in [0.25, 0.3) is 0 Å². The summed E-state index contributed by atoms with van der Waals surface area (Å²) in [6.45, 7) is 2.34. The summed E-state index contributed by atoms with van der Waals surface area (Å²) in [5.41, 5.74) is 1.27. The van der Waals surface area contributed by atoms with Crippen molar-refractivity contribution in [3.8, 4) is 5.75 Å². The number of ether oxygens (including phenoxy) is 2. The largest absolute Gasteiger partial charge is 0.493 e. The number of hydrogen-bond acceptors (Lipinski definition) is 4. The maximum Gasteiger partial charge on any atom is 0.311 e. The fourth-order valence-electron chi connectivity index (χ4n) is 4.13. The van der Waals surface area contributed by atoms with Crippen LogP contribution >= 0.6 is 0 Å². The van der Waals surface area contributed by atoms with E-state index in [2.05, 4.69) is 0 Å². The molecule has 0 bridgehead atoms. The van der Waals surface area contributed by atoms with Gasteiger partial charge in [-0.2, -0.15) is 0 Å². The van der Waals surface area contributed by atoms with Gasteiger partial charge < -0.3 is 19.5 Å². The van der Waals surface area contributed by atoms with Gasteiger partial charge in [0.15, 0.2) is 0 Å². The first-order chi connectivity index (χ1) is 11.6. The van der Waals surface area contributed by atoms with Crippen molar-refractivity contribution < 1.29 is 24.2 Å². The van der Waals surface area contributed by atoms with E-state index in [0.717, 1.165) is 23.3 Å². The molecule has 3 aliphatic rings. The Balaban J connectivity index is 1.48. The first kappa shape index (κ1) is 15.4. The van der Waals surface area contributed by atoms with Crippen LogP contribution in [0.4, 0.5) is 0 Å². The van der Waals surface area contributed by atoms with E-state index >= 15 is 0 Å². The molecule has 3 heterocycles. The number of nitrogens with zero attached hydrogens (tertiary/aromatic N) is 1. The Morgan fingerprint density at radius 1 is 1.33 bits per heavy atom. The van der Waals surface area contributed by atoms with Gasteiger partial charge in [0.25, 0.3) is 0 Å². The third-order valence-corrected chi connectivity index (χ3v) is 5.59. The monoisotopic (exact) mass is 331 g/mol. The van der Waals surface area contributed by atoms with Gasteiger partial charge in [-0.15, -0.1) is 0 Å². The molecule has 0 aliphatic carbocycles. The lowest BCUT2D eigenvalue weighted by Gasteiger charge is -2.33. The smallest absolute Gasteiger partial charge is 0.311 e. The zero-order chi connectivity index (χ0) is 16.7. The molecule has 1 amide bonds. The second-order valence-electron chi connectivity index (χ2n) is 6.97. The molecule has 0 saturated carbocycles. The summed E-state index contributed by atoms with van der Waals surface area (Å²) < 4.78 is 10.9. The molecule has 24 heavy (non-hydrogen) atoms. The molecule has 3 aliphatic heterocycles. The number of aliphatic carboxylic acids is 1. The highest BCUT2D eigenvalue weighted by molar-refractivity contribution is 5.82. The summed E-state index contributed by atoms with van der Waals surface area (Å²) in [5.74, 6) is -0.0221. The Morgan fingerprint density at radius 3 is 3.00 bits per heavy atom. The van der Waals surface area contributed by atoms with Gasteiger partial charge in [-0.1, -0.05) is 12.1 Å². The van der Waals surface area contributed by atoms with Crippen LogP contribution in [0, 0.1) is 11.3 Å².